The molecule has 1 unspecified atom stereocenters. The minimum Gasteiger partial charge on any atom is -0.349 e. The van der Waals surface area contributed by atoms with Crippen molar-refractivity contribution in [1.29, 1.82) is 0 Å². The van der Waals surface area contributed by atoms with Crippen LogP contribution in [0, 0.1) is 0 Å². The number of aromatic nitrogens is 3. The Labute approximate surface area is 161 Å². The first-order chi connectivity index (χ1) is 12.7. The number of nitrogens with zero attached hydrogens (tertiary/aromatic N) is 3. The maximum absolute atomic E-state index is 12.3. The number of halogens is 1. The lowest BCUT2D eigenvalue weighted by atomic mass is 10.0. The molecule has 0 aliphatic rings. The highest BCUT2D eigenvalue weighted by Crippen LogP contribution is 2.20. The fourth-order valence-corrected chi connectivity index (χ4v) is 3.24. The molecule has 7 heteroatoms. The highest BCUT2D eigenvalue weighted by atomic mass is 35.5. The van der Waals surface area contributed by atoms with Gasteiger partial charge in [0, 0.05) is 5.02 Å². The second-order valence-corrected chi connectivity index (χ2v) is 7.05. The largest absolute Gasteiger partial charge is 0.349 e. The molecule has 134 valence electrons. The van der Waals surface area contributed by atoms with E-state index in [2.05, 4.69) is 15.4 Å². The molecule has 0 spiro atoms. The van der Waals surface area contributed by atoms with Crippen LogP contribution in [0.3, 0.4) is 0 Å². The van der Waals surface area contributed by atoms with Crippen LogP contribution in [0.2, 0.25) is 5.02 Å². The number of rotatable bonds is 7. The van der Waals surface area contributed by atoms with Gasteiger partial charge in [0.25, 0.3) is 0 Å². The molecule has 0 bridgehead atoms. The van der Waals surface area contributed by atoms with Gasteiger partial charge in [-0.25, -0.2) is 9.67 Å². The predicted molar refractivity (Wildman–Crippen MR) is 105 cm³/mol. The van der Waals surface area contributed by atoms with Crippen molar-refractivity contribution in [2.24, 2.45) is 0 Å². The summed E-state index contributed by atoms with van der Waals surface area (Å²) in [4.78, 5) is 16.5. The fraction of sp³-hybridized carbons (Fsp3) is 0.211. The number of benzene rings is 2. The fourth-order valence-electron chi connectivity index (χ4n) is 2.50. The summed E-state index contributed by atoms with van der Waals surface area (Å²) in [6, 6.07) is 17.3. The molecule has 3 aromatic rings. The zero-order chi connectivity index (χ0) is 18.4. The van der Waals surface area contributed by atoms with Gasteiger partial charge >= 0.3 is 0 Å². The molecule has 2 aromatic carbocycles. The first-order valence-electron chi connectivity index (χ1n) is 8.30. The Morgan fingerprint density at radius 2 is 1.92 bits per heavy atom. The van der Waals surface area contributed by atoms with Gasteiger partial charge in [-0.2, -0.15) is 0 Å². The summed E-state index contributed by atoms with van der Waals surface area (Å²) >= 11 is 7.24. The first kappa shape index (κ1) is 18.5. The van der Waals surface area contributed by atoms with Crippen LogP contribution in [-0.2, 0) is 4.79 Å². The monoisotopic (exact) mass is 386 g/mol. The molecule has 5 nitrogen and oxygen atoms in total. The van der Waals surface area contributed by atoms with E-state index in [1.54, 1.807) is 11.0 Å². The summed E-state index contributed by atoms with van der Waals surface area (Å²) in [5.41, 5.74) is 1.98. The number of hydrogen-bond acceptors (Lipinski definition) is 4. The number of carbonyl (C=O) groups excluding carboxylic acids is 1. The lowest BCUT2D eigenvalue weighted by Crippen LogP contribution is -2.29. The molecule has 1 amide bonds. The van der Waals surface area contributed by atoms with Gasteiger partial charge in [0.15, 0.2) is 0 Å². The molecule has 0 saturated heterocycles. The molecule has 3 rings (SSSR count). The summed E-state index contributed by atoms with van der Waals surface area (Å²) in [6.07, 6.45) is 2.46. The number of amides is 1. The third-order valence-electron chi connectivity index (χ3n) is 3.84. The molecular weight excluding hydrogens is 368 g/mol. The molecule has 0 radical (unpaired) electrons. The minimum absolute atomic E-state index is 0.0322. The maximum Gasteiger partial charge on any atom is 0.230 e. The van der Waals surface area contributed by atoms with Gasteiger partial charge < -0.3 is 5.32 Å². The van der Waals surface area contributed by atoms with Gasteiger partial charge in [-0.3, -0.25) is 4.79 Å². The topological polar surface area (TPSA) is 59.8 Å². The van der Waals surface area contributed by atoms with E-state index in [4.69, 9.17) is 11.6 Å². The highest BCUT2D eigenvalue weighted by Gasteiger charge is 2.14. The molecule has 1 heterocycles. The molecule has 0 aliphatic carbocycles. The lowest BCUT2D eigenvalue weighted by Gasteiger charge is -2.17. The zero-order valence-corrected chi connectivity index (χ0v) is 15.9. The smallest absolute Gasteiger partial charge is 0.230 e. The normalized spacial score (nSPS) is 11.9. The van der Waals surface area contributed by atoms with Crippen LogP contribution in [0.25, 0.3) is 5.69 Å². The number of nitrogens with one attached hydrogen (secondary N) is 1. The van der Waals surface area contributed by atoms with Crippen LogP contribution < -0.4 is 5.32 Å². The van der Waals surface area contributed by atoms with E-state index in [0.29, 0.717) is 10.2 Å². The average molecular weight is 387 g/mol. The van der Waals surface area contributed by atoms with Crippen molar-refractivity contribution in [1.82, 2.24) is 20.1 Å². The first-order valence-corrected chi connectivity index (χ1v) is 9.66. The number of para-hydroxylation sites is 1. The number of carbonyl (C=O) groups is 1. The summed E-state index contributed by atoms with van der Waals surface area (Å²) in [6.45, 7) is 2.04. The molecule has 26 heavy (non-hydrogen) atoms. The van der Waals surface area contributed by atoms with Crippen molar-refractivity contribution in [3.8, 4) is 5.69 Å². The Kier molecular flexibility index (Phi) is 6.30. The molecule has 1 N–H and O–H groups in total. The van der Waals surface area contributed by atoms with Crippen LogP contribution in [0.1, 0.15) is 24.9 Å². The zero-order valence-electron chi connectivity index (χ0n) is 14.3. The second kappa shape index (κ2) is 8.87. The molecular formula is C19H19ClN4OS. The number of hydrogen-bond donors (Lipinski definition) is 1. The van der Waals surface area contributed by atoms with Crippen molar-refractivity contribution in [3.63, 3.8) is 0 Å². The van der Waals surface area contributed by atoms with E-state index >= 15 is 0 Å². The van der Waals surface area contributed by atoms with E-state index < -0.39 is 0 Å². The van der Waals surface area contributed by atoms with Crippen molar-refractivity contribution < 1.29 is 4.79 Å². The van der Waals surface area contributed by atoms with Gasteiger partial charge in [0.2, 0.25) is 11.1 Å². The molecule has 0 saturated carbocycles. The quantitative estimate of drug-likeness (QED) is 0.615. The third-order valence-corrected chi connectivity index (χ3v) is 4.94. The van der Waals surface area contributed by atoms with Crippen LogP contribution in [0.15, 0.2) is 66.1 Å². The van der Waals surface area contributed by atoms with E-state index in [1.165, 1.54) is 11.8 Å². The van der Waals surface area contributed by atoms with Crippen LogP contribution in [0.5, 0.6) is 0 Å². The Morgan fingerprint density at radius 3 is 2.62 bits per heavy atom. The number of thioether (sulfide) groups is 1. The van der Waals surface area contributed by atoms with Gasteiger partial charge in [-0.1, -0.05) is 60.6 Å². The van der Waals surface area contributed by atoms with Gasteiger partial charge in [-0.15, -0.1) is 5.10 Å². The average Bonchev–Trinajstić information content (AvgIpc) is 3.15. The van der Waals surface area contributed by atoms with Crippen molar-refractivity contribution in [3.05, 3.63) is 71.5 Å². The van der Waals surface area contributed by atoms with E-state index in [0.717, 1.165) is 17.7 Å². The van der Waals surface area contributed by atoms with E-state index in [1.807, 2.05) is 61.5 Å². The van der Waals surface area contributed by atoms with Crippen molar-refractivity contribution in [2.45, 2.75) is 24.5 Å². The Bertz CT molecular complexity index is 851. The summed E-state index contributed by atoms with van der Waals surface area (Å²) in [5.74, 6) is 0.218. The Hall–Kier alpha value is -2.31. The van der Waals surface area contributed by atoms with E-state index in [9.17, 15) is 4.79 Å². The molecule has 1 aromatic heterocycles. The SMILES string of the molecule is CCC(NC(=O)CSc1ncn(-c2ccccc2)n1)c1ccc(Cl)cc1. The van der Waals surface area contributed by atoms with Crippen molar-refractivity contribution >= 4 is 29.3 Å². The molecule has 1 atom stereocenters. The lowest BCUT2D eigenvalue weighted by molar-refractivity contribution is -0.119. The summed E-state index contributed by atoms with van der Waals surface area (Å²) < 4.78 is 1.70. The second-order valence-electron chi connectivity index (χ2n) is 5.68. The minimum atomic E-state index is -0.0483. The Balaban J connectivity index is 1.55. The third kappa shape index (κ3) is 4.86. The van der Waals surface area contributed by atoms with Gasteiger partial charge in [-0.05, 0) is 36.2 Å². The molecule has 0 fully saturated rings. The Morgan fingerprint density at radius 1 is 1.19 bits per heavy atom. The summed E-state index contributed by atoms with van der Waals surface area (Å²) in [5, 5.41) is 8.70. The van der Waals surface area contributed by atoms with Crippen LogP contribution in [0.4, 0.5) is 0 Å². The van der Waals surface area contributed by atoms with Crippen LogP contribution >= 0.6 is 23.4 Å². The standard InChI is InChI=1S/C19H19ClN4OS/c1-2-17(14-8-10-15(20)11-9-14)22-18(25)12-26-19-21-13-24(23-19)16-6-4-3-5-7-16/h3-11,13,17H,2,12H2,1H3,(H,22,25). The maximum atomic E-state index is 12.3. The van der Waals surface area contributed by atoms with Gasteiger partial charge in [0.05, 0.1) is 17.5 Å². The van der Waals surface area contributed by atoms with E-state index in [-0.39, 0.29) is 17.7 Å². The highest BCUT2D eigenvalue weighted by molar-refractivity contribution is 7.99. The van der Waals surface area contributed by atoms with Crippen LogP contribution in [-0.4, -0.2) is 26.4 Å². The predicted octanol–water partition coefficient (Wildman–Crippen LogP) is 4.28. The van der Waals surface area contributed by atoms with Gasteiger partial charge in [0.1, 0.15) is 6.33 Å². The summed E-state index contributed by atoms with van der Waals surface area (Å²) in [7, 11) is 0. The van der Waals surface area contributed by atoms with Crippen molar-refractivity contribution in [2.75, 3.05) is 5.75 Å². The molecule has 0 aliphatic heterocycles.